The molecule has 0 aliphatic rings. The van der Waals surface area contributed by atoms with Gasteiger partial charge in [0, 0.05) is 12.5 Å². The summed E-state index contributed by atoms with van der Waals surface area (Å²) < 4.78 is 5.17. The molecule has 0 spiro atoms. The zero-order valence-electron chi connectivity index (χ0n) is 10.3. The van der Waals surface area contributed by atoms with Gasteiger partial charge in [-0.1, -0.05) is 12.1 Å². The first-order valence-electron chi connectivity index (χ1n) is 5.64. The molecule has 0 aliphatic carbocycles. The maximum absolute atomic E-state index is 10.4. The van der Waals surface area contributed by atoms with Crippen LogP contribution >= 0.6 is 0 Å². The van der Waals surface area contributed by atoms with Crippen LogP contribution in [0.3, 0.4) is 0 Å². The van der Waals surface area contributed by atoms with Crippen molar-refractivity contribution in [1.29, 1.82) is 0 Å². The van der Waals surface area contributed by atoms with Crippen molar-refractivity contribution in [3.8, 4) is 5.75 Å². The van der Waals surface area contributed by atoms with Crippen LogP contribution in [-0.2, 0) is 11.2 Å². The summed E-state index contributed by atoms with van der Waals surface area (Å²) in [5.74, 6) is 0.0548. The monoisotopic (exact) mass is 237 g/mol. The van der Waals surface area contributed by atoms with Crippen LogP contribution in [0.25, 0.3) is 0 Å². The molecular weight excluding hydrogens is 218 g/mol. The van der Waals surface area contributed by atoms with Gasteiger partial charge in [-0.2, -0.15) is 0 Å². The van der Waals surface area contributed by atoms with Gasteiger partial charge < -0.3 is 15.6 Å². The predicted molar refractivity (Wildman–Crippen MR) is 66.3 cm³/mol. The van der Waals surface area contributed by atoms with Crippen LogP contribution in [0.1, 0.15) is 24.0 Å². The van der Waals surface area contributed by atoms with E-state index in [-0.39, 0.29) is 12.5 Å². The van der Waals surface area contributed by atoms with Gasteiger partial charge in [0.05, 0.1) is 7.11 Å². The van der Waals surface area contributed by atoms with E-state index in [9.17, 15) is 4.79 Å². The zero-order valence-corrected chi connectivity index (χ0v) is 10.3. The molecule has 0 aromatic heterocycles. The van der Waals surface area contributed by atoms with Crippen molar-refractivity contribution in [3.05, 3.63) is 29.3 Å². The molecule has 4 heteroatoms. The first-order valence-corrected chi connectivity index (χ1v) is 5.64. The van der Waals surface area contributed by atoms with Crippen LogP contribution in [0, 0.1) is 6.92 Å². The molecule has 4 nitrogen and oxygen atoms in total. The third-order valence-corrected chi connectivity index (χ3v) is 2.69. The Kier molecular flexibility index (Phi) is 4.97. The van der Waals surface area contributed by atoms with Crippen LogP contribution in [0.4, 0.5) is 0 Å². The normalized spacial score (nSPS) is 12.2. The number of carbonyl (C=O) groups is 1. The van der Waals surface area contributed by atoms with Crippen LogP contribution in [0.2, 0.25) is 0 Å². The number of carboxylic acid groups (broad SMARTS) is 1. The summed E-state index contributed by atoms with van der Waals surface area (Å²) in [7, 11) is 1.64. The molecular formula is C13H19NO3. The third kappa shape index (κ3) is 4.44. The maximum Gasteiger partial charge on any atom is 0.303 e. The number of ether oxygens (including phenoxy) is 1. The Morgan fingerprint density at radius 2 is 2.24 bits per heavy atom. The van der Waals surface area contributed by atoms with Gasteiger partial charge in [0.25, 0.3) is 0 Å². The maximum atomic E-state index is 10.4. The van der Waals surface area contributed by atoms with E-state index in [0.29, 0.717) is 12.8 Å². The van der Waals surface area contributed by atoms with Crippen molar-refractivity contribution < 1.29 is 14.6 Å². The lowest BCUT2D eigenvalue weighted by atomic mass is 10.0. The van der Waals surface area contributed by atoms with Crippen LogP contribution in [0.15, 0.2) is 18.2 Å². The quantitative estimate of drug-likeness (QED) is 0.790. The Labute approximate surface area is 101 Å². The summed E-state index contributed by atoms with van der Waals surface area (Å²) in [6.07, 6.45) is 1.31. The number of hydrogen-bond donors (Lipinski definition) is 2. The van der Waals surface area contributed by atoms with Crippen molar-refractivity contribution in [2.24, 2.45) is 5.73 Å². The van der Waals surface area contributed by atoms with Gasteiger partial charge in [0.15, 0.2) is 0 Å². The molecule has 94 valence electrons. The van der Waals surface area contributed by atoms with E-state index < -0.39 is 5.97 Å². The lowest BCUT2D eigenvalue weighted by molar-refractivity contribution is -0.137. The molecule has 1 atom stereocenters. The summed E-state index contributed by atoms with van der Waals surface area (Å²) >= 11 is 0. The van der Waals surface area contributed by atoms with E-state index in [4.69, 9.17) is 15.6 Å². The molecule has 17 heavy (non-hydrogen) atoms. The molecule has 0 fully saturated rings. The Balaban J connectivity index is 2.56. The lowest BCUT2D eigenvalue weighted by Crippen LogP contribution is -2.23. The number of aliphatic carboxylic acids is 1. The Hall–Kier alpha value is -1.55. The van der Waals surface area contributed by atoms with Crippen molar-refractivity contribution in [1.82, 2.24) is 0 Å². The average molecular weight is 237 g/mol. The third-order valence-electron chi connectivity index (χ3n) is 2.69. The van der Waals surface area contributed by atoms with Gasteiger partial charge in [0.1, 0.15) is 5.75 Å². The minimum atomic E-state index is -0.800. The standard InChI is InChI=1S/C13H19NO3/c1-9-7-10(3-5-12(9)17-2)8-11(14)4-6-13(15)16/h3,5,7,11H,4,6,8,14H2,1-2H3,(H,15,16). The number of benzene rings is 1. The lowest BCUT2D eigenvalue weighted by Gasteiger charge is -2.12. The van der Waals surface area contributed by atoms with E-state index in [0.717, 1.165) is 16.9 Å². The van der Waals surface area contributed by atoms with E-state index >= 15 is 0 Å². The highest BCUT2D eigenvalue weighted by Crippen LogP contribution is 2.19. The molecule has 1 unspecified atom stereocenters. The zero-order chi connectivity index (χ0) is 12.8. The molecule has 0 bridgehead atoms. The second-order valence-electron chi connectivity index (χ2n) is 4.20. The fourth-order valence-corrected chi connectivity index (χ4v) is 1.78. The summed E-state index contributed by atoms with van der Waals surface area (Å²) in [6.45, 7) is 1.98. The van der Waals surface area contributed by atoms with E-state index in [1.165, 1.54) is 0 Å². The summed E-state index contributed by atoms with van der Waals surface area (Å²) in [4.78, 5) is 10.4. The molecule has 1 rings (SSSR count). The van der Waals surface area contributed by atoms with Gasteiger partial charge in [-0.05, 0) is 37.0 Å². The minimum Gasteiger partial charge on any atom is -0.496 e. The largest absolute Gasteiger partial charge is 0.496 e. The SMILES string of the molecule is COc1ccc(CC(N)CCC(=O)O)cc1C. The average Bonchev–Trinajstić information content (AvgIpc) is 2.26. The number of rotatable bonds is 6. The molecule has 0 aliphatic heterocycles. The highest BCUT2D eigenvalue weighted by atomic mass is 16.5. The highest BCUT2D eigenvalue weighted by Gasteiger charge is 2.08. The van der Waals surface area contributed by atoms with Crippen molar-refractivity contribution >= 4 is 5.97 Å². The van der Waals surface area contributed by atoms with Gasteiger partial charge in [-0.15, -0.1) is 0 Å². The highest BCUT2D eigenvalue weighted by molar-refractivity contribution is 5.66. The fraction of sp³-hybridized carbons (Fsp3) is 0.462. The summed E-state index contributed by atoms with van der Waals surface area (Å²) in [5, 5.41) is 8.57. The Morgan fingerprint density at radius 1 is 1.53 bits per heavy atom. The summed E-state index contributed by atoms with van der Waals surface area (Å²) in [5.41, 5.74) is 8.06. The smallest absolute Gasteiger partial charge is 0.303 e. The Morgan fingerprint density at radius 3 is 2.76 bits per heavy atom. The molecule has 1 aromatic carbocycles. The second kappa shape index (κ2) is 6.25. The number of nitrogens with two attached hydrogens (primary N) is 1. The predicted octanol–water partition coefficient (Wildman–Crippen LogP) is 1.74. The molecule has 0 heterocycles. The van der Waals surface area contributed by atoms with Gasteiger partial charge >= 0.3 is 5.97 Å². The molecule has 0 amide bonds. The van der Waals surface area contributed by atoms with Crippen LogP contribution in [-0.4, -0.2) is 24.2 Å². The van der Waals surface area contributed by atoms with Gasteiger partial charge in [-0.25, -0.2) is 0 Å². The van der Waals surface area contributed by atoms with Gasteiger partial charge in [0.2, 0.25) is 0 Å². The van der Waals surface area contributed by atoms with Crippen molar-refractivity contribution in [3.63, 3.8) is 0 Å². The molecule has 0 saturated heterocycles. The van der Waals surface area contributed by atoms with E-state index in [1.807, 2.05) is 25.1 Å². The van der Waals surface area contributed by atoms with Gasteiger partial charge in [-0.3, -0.25) is 4.79 Å². The first-order chi connectivity index (χ1) is 8.02. The van der Waals surface area contributed by atoms with Crippen LogP contribution < -0.4 is 10.5 Å². The number of aryl methyl sites for hydroxylation is 1. The molecule has 1 aromatic rings. The Bertz CT molecular complexity index is 390. The molecule has 0 saturated carbocycles. The fourth-order valence-electron chi connectivity index (χ4n) is 1.78. The van der Waals surface area contributed by atoms with Crippen LogP contribution in [0.5, 0.6) is 5.75 Å². The molecule has 3 N–H and O–H groups in total. The topological polar surface area (TPSA) is 72.5 Å². The molecule has 0 radical (unpaired) electrons. The number of hydrogen-bond acceptors (Lipinski definition) is 3. The van der Waals surface area contributed by atoms with Crippen molar-refractivity contribution in [2.45, 2.75) is 32.2 Å². The minimum absolute atomic E-state index is 0.112. The number of methoxy groups -OCH3 is 1. The van der Waals surface area contributed by atoms with E-state index in [1.54, 1.807) is 7.11 Å². The first kappa shape index (κ1) is 13.5. The number of carboxylic acids is 1. The second-order valence-corrected chi connectivity index (χ2v) is 4.20. The summed E-state index contributed by atoms with van der Waals surface area (Å²) in [6, 6.07) is 5.79. The van der Waals surface area contributed by atoms with Crippen molar-refractivity contribution in [2.75, 3.05) is 7.11 Å². The van der Waals surface area contributed by atoms with E-state index in [2.05, 4.69) is 0 Å².